The molecule has 0 N–H and O–H groups in total. The van der Waals surface area contributed by atoms with E-state index in [0.717, 1.165) is 83.3 Å². The van der Waals surface area contributed by atoms with Crippen molar-refractivity contribution in [2.24, 2.45) is 0 Å². The van der Waals surface area contributed by atoms with E-state index in [-0.39, 0.29) is 21.1 Å². The van der Waals surface area contributed by atoms with Crippen LogP contribution in [0.5, 0.6) is 0 Å². The molecule has 0 aliphatic heterocycles. The van der Waals surface area contributed by atoms with Crippen LogP contribution in [0.25, 0.3) is 99.8 Å². The zero-order chi connectivity index (χ0) is 39.8. The Morgan fingerprint density at radius 3 is 2.05 bits per heavy atom. The minimum Gasteiger partial charge on any atom is -0.656 e. The summed E-state index contributed by atoms with van der Waals surface area (Å²) >= 11 is 0. The first kappa shape index (κ1) is 37.7. The number of benzene rings is 7. The van der Waals surface area contributed by atoms with Gasteiger partial charge in [-0.2, -0.15) is 0 Å². The zero-order valence-corrected chi connectivity index (χ0v) is 36.1. The molecule has 11 rings (SSSR count). The predicted molar refractivity (Wildman–Crippen MR) is 245 cm³/mol. The first-order valence-electron chi connectivity index (χ1n) is 20.5. The van der Waals surface area contributed by atoms with Gasteiger partial charge in [-0.05, 0) is 92.2 Å². The number of para-hydroxylation sites is 4. The summed E-state index contributed by atoms with van der Waals surface area (Å²) in [4.78, 5) is 15.6. The third-order valence-corrected chi connectivity index (χ3v) is 11.9. The average molecular weight is 955 g/mol. The summed E-state index contributed by atoms with van der Waals surface area (Å²) in [6, 6.07) is 60.0. The van der Waals surface area contributed by atoms with E-state index in [2.05, 4.69) is 188 Å². The van der Waals surface area contributed by atoms with Crippen molar-refractivity contribution in [3.63, 3.8) is 0 Å². The fourth-order valence-electron chi connectivity index (χ4n) is 9.18. The second-order valence-corrected chi connectivity index (χ2v) is 16.1. The molecule has 7 aromatic carbocycles. The Hall–Kier alpha value is -6.55. The quantitative estimate of drug-likeness (QED) is 0.150. The minimum atomic E-state index is 0. The fraction of sp³-hybridized carbons (Fsp3) is 0.111. The van der Waals surface area contributed by atoms with Crippen molar-refractivity contribution in [3.8, 4) is 45.1 Å². The smallest absolute Gasteiger partial charge is 0.656 e. The normalized spacial score (nSPS) is 11.8. The van der Waals surface area contributed by atoms with Gasteiger partial charge in [0.2, 0.25) is 0 Å². The average Bonchev–Trinajstić information content (AvgIpc) is 3.96. The van der Waals surface area contributed by atoms with E-state index >= 15 is 0 Å². The molecular formula is C54H41N5Pt. The number of pyridine rings is 1. The number of nitrogens with zero attached hydrogens (tertiary/aromatic N) is 5. The number of aromatic nitrogens is 5. The van der Waals surface area contributed by atoms with E-state index in [1.54, 1.807) is 0 Å². The van der Waals surface area contributed by atoms with Crippen LogP contribution in [-0.2, 0) is 21.1 Å². The number of hydrogen-bond acceptors (Lipinski definition) is 2. The third kappa shape index (κ3) is 5.94. The van der Waals surface area contributed by atoms with Crippen LogP contribution in [-0.4, -0.2) is 19.1 Å². The maximum atomic E-state index is 5.53. The molecule has 0 atom stereocenters. The van der Waals surface area contributed by atoms with Crippen molar-refractivity contribution >= 4 is 54.6 Å². The maximum Gasteiger partial charge on any atom is 2.00 e. The van der Waals surface area contributed by atoms with Gasteiger partial charge in [0.25, 0.3) is 0 Å². The molecule has 4 aromatic heterocycles. The van der Waals surface area contributed by atoms with Crippen LogP contribution in [0.3, 0.4) is 0 Å². The number of hydrogen-bond donors (Lipinski definition) is 0. The summed E-state index contributed by atoms with van der Waals surface area (Å²) in [5.41, 5.74) is 15.3. The monoisotopic (exact) mass is 954 g/mol. The Bertz CT molecular complexity index is 3360. The van der Waals surface area contributed by atoms with Gasteiger partial charge < -0.3 is 9.55 Å². The van der Waals surface area contributed by atoms with Crippen LogP contribution < -0.4 is 4.98 Å². The summed E-state index contributed by atoms with van der Waals surface area (Å²) in [5.74, 6) is 2.49. The van der Waals surface area contributed by atoms with Crippen LogP contribution in [0.15, 0.2) is 164 Å². The summed E-state index contributed by atoms with van der Waals surface area (Å²) in [7, 11) is 0. The SMILES string of the molecule is CC(C)c1cccc(C(C)C)c1-c1ccc2c3ccc(-c4cccc5c4nc(-c4cccc6c4[n-]c4ccccc46)n5-c4ccccc4)[c-]c3n(-c3ccccn3)c2c1.[Pt+2]. The molecule has 5 nitrogen and oxygen atoms in total. The van der Waals surface area contributed by atoms with E-state index in [0.29, 0.717) is 11.8 Å². The molecule has 0 aliphatic carbocycles. The molecule has 0 spiro atoms. The topological polar surface area (TPSA) is 49.7 Å². The molecule has 4 heterocycles. The van der Waals surface area contributed by atoms with Crippen LogP contribution >= 0.6 is 0 Å². The largest absolute Gasteiger partial charge is 2.00 e. The van der Waals surface area contributed by atoms with Crippen LogP contribution in [0.2, 0.25) is 0 Å². The zero-order valence-electron chi connectivity index (χ0n) is 33.8. The predicted octanol–water partition coefficient (Wildman–Crippen LogP) is 13.8. The molecule has 0 radical (unpaired) electrons. The number of rotatable bonds is 7. The van der Waals surface area contributed by atoms with Gasteiger partial charge in [0.1, 0.15) is 11.6 Å². The molecular weight excluding hydrogens is 914 g/mol. The molecule has 0 saturated heterocycles. The Kier molecular flexibility index (Phi) is 9.38. The van der Waals surface area contributed by atoms with Gasteiger partial charge in [0.15, 0.2) is 0 Å². The third-order valence-electron chi connectivity index (χ3n) is 11.9. The Labute approximate surface area is 363 Å². The van der Waals surface area contributed by atoms with Gasteiger partial charge in [-0.15, -0.1) is 34.8 Å². The Balaban J connectivity index is 0.00000433. The summed E-state index contributed by atoms with van der Waals surface area (Å²) in [6.07, 6.45) is 1.87. The second kappa shape index (κ2) is 14.9. The van der Waals surface area contributed by atoms with Crippen LogP contribution in [0, 0.1) is 6.07 Å². The molecule has 292 valence electrons. The van der Waals surface area contributed by atoms with E-state index in [9.17, 15) is 0 Å². The van der Waals surface area contributed by atoms with Gasteiger partial charge in [0, 0.05) is 23.0 Å². The van der Waals surface area contributed by atoms with Crippen molar-refractivity contribution < 1.29 is 21.1 Å². The van der Waals surface area contributed by atoms with Crippen molar-refractivity contribution in [3.05, 3.63) is 181 Å². The van der Waals surface area contributed by atoms with Gasteiger partial charge >= 0.3 is 21.1 Å². The molecule has 0 amide bonds. The second-order valence-electron chi connectivity index (χ2n) is 16.1. The van der Waals surface area contributed by atoms with Crippen molar-refractivity contribution in [2.45, 2.75) is 39.5 Å². The molecule has 0 aliphatic rings. The van der Waals surface area contributed by atoms with Gasteiger partial charge in [-0.3, -0.25) is 4.57 Å². The van der Waals surface area contributed by atoms with Crippen molar-refractivity contribution in [2.75, 3.05) is 0 Å². The number of imidazole rings is 1. The number of fused-ring (bicyclic) bond motifs is 7. The first-order chi connectivity index (χ1) is 28.9. The first-order valence-corrected chi connectivity index (χ1v) is 20.5. The fourth-order valence-corrected chi connectivity index (χ4v) is 9.18. The molecule has 11 aromatic rings. The van der Waals surface area contributed by atoms with E-state index < -0.39 is 0 Å². The minimum absolute atomic E-state index is 0. The van der Waals surface area contributed by atoms with Crippen molar-refractivity contribution in [1.82, 2.24) is 24.1 Å². The molecule has 0 bridgehead atoms. The van der Waals surface area contributed by atoms with Gasteiger partial charge in [-0.1, -0.05) is 148 Å². The van der Waals surface area contributed by atoms with Crippen molar-refractivity contribution in [1.29, 1.82) is 0 Å². The van der Waals surface area contributed by atoms with E-state index in [1.807, 2.05) is 18.3 Å². The van der Waals surface area contributed by atoms with Crippen LogP contribution in [0.1, 0.15) is 50.7 Å². The molecule has 0 saturated carbocycles. The van der Waals surface area contributed by atoms with Crippen LogP contribution in [0.4, 0.5) is 0 Å². The van der Waals surface area contributed by atoms with Gasteiger partial charge in [-0.25, -0.2) is 9.97 Å². The van der Waals surface area contributed by atoms with E-state index in [4.69, 9.17) is 15.0 Å². The van der Waals surface area contributed by atoms with Gasteiger partial charge in [0.05, 0.1) is 11.0 Å². The Morgan fingerprint density at radius 1 is 0.567 bits per heavy atom. The molecule has 0 fully saturated rings. The summed E-state index contributed by atoms with van der Waals surface area (Å²) < 4.78 is 4.56. The summed E-state index contributed by atoms with van der Waals surface area (Å²) in [6.45, 7) is 9.15. The molecule has 6 heteroatoms. The maximum absolute atomic E-state index is 5.53. The molecule has 0 unspecified atom stereocenters. The summed E-state index contributed by atoms with van der Waals surface area (Å²) in [5, 5.41) is 4.57. The molecule has 60 heavy (non-hydrogen) atoms. The standard InChI is InChI=1S/C54H41N5.Pt/c1-33(2)38-18-12-19-39(34(3)4)51(38)36-27-29-43-42-28-26-35(31-48(42)59(49(43)32-36)50-25-10-11-30-55-50)40-20-14-24-47-53(40)57-54(58(47)37-15-6-5-7-16-37)45-22-13-21-44-41-17-8-9-23-46(41)56-52(44)45;/h5-30,32-34H,1-4H3;/q-2;+2. The van der Waals surface area contributed by atoms with E-state index in [1.165, 1.54) is 27.6 Å². The Morgan fingerprint density at radius 2 is 1.27 bits per heavy atom.